The molecule has 0 unspecified atom stereocenters. The van der Waals surface area contributed by atoms with Crippen LogP contribution in [0.5, 0.6) is 0 Å². The third kappa shape index (κ3) is 2.36. The first-order chi connectivity index (χ1) is 8.11. The molecule has 0 radical (unpaired) electrons. The molecule has 1 aromatic heterocycles. The minimum absolute atomic E-state index is 0.0193. The zero-order valence-electron chi connectivity index (χ0n) is 9.09. The molecule has 0 atom stereocenters. The van der Waals surface area contributed by atoms with Gasteiger partial charge in [0.25, 0.3) is 0 Å². The summed E-state index contributed by atoms with van der Waals surface area (Å²) in [6, 6.07) is 7.29. The fourth-order valence-electron chi connectivity index (χ4n) is 1.44. The number of nitrogens with zero attached hydrogens (tertiary/aromatic N) is 3. The molecule has 0 bridgehead atoms. The molecule has 2 rings (SSSR count). The first-order valence-corrected chi connectivity index (χ1v) is 5.85. The lowest BCUT2D eigenvalue weighted by molar-refractivity contribution is 0.0690. The third-order valence-corrected chi connectivity index (χ3v) is 2.79. The number of aromatic nitrogens is 3. The van der Waals surface area contributed by atoms with Crippen LogP contribution in [0.3, 0.4) is 0 Å². The van der Waals surface area contributed by atoms with E-state index >= 15 is 0 Å². The van der Waals surface area contributed by atoms with Gasteiger partial charge in [-0.25, -0.2) is 4.79 Å². The van der Waals surface area contributed by atoms with Crippen molar-refractivity contribution in [3.05, 3.63) is 34.4 Å². The minimum atomic E-state index is -1.07. The number of halogens is 1. The lowest BCUT2D eigenvalue weighted by Crippen LogP contribution is -2.02. The van der Waals surface area contributed by atoms with Crippen LogP contribution < -0.4 is 0 Å². The highest BCUT2D eigenvalue weighted by Crippen LogP contribution is 2.22. The van der Waals surface area contributed by atoms with Gasteiger partial charge in [-0.3, -0.25) is 0 Å². The Balaban J connectivity index is 2.53. The van der Waals surface area contributed by atoms with Gasteiger partial charge < -0.3 is 5.11 Å². The van der Waals surface area contributed by atoms with Crippen molar-refractivity contribution in [1.82, 2.24) is 15.0 Å². The summed E-state index contributed by atoms with van der Waals surface area (Å²) < 4.78 is 0.931. The molecule has 1 heterocycles. The molecule has 0 aliphatic rings. The van der Waals surface area contributed by atoms with Crippen LogP contribution >= 0.6 is 15.9 Å². The van der Waals surface area contributed by atoms with Crippen LogP contribution in [-0.2, 0) is 6.54 Å². The van der Waals surface area contributed by atoms with Crippen molar-refractivity contribution in [2.45, 2.75) is 13.5 Å². The maximum atomic E-state index is 11.1. The summed E-state index contributed by atoms with van der Waals surface area (Å²) >= 11 is 3.33. The van der Waals surface area contributed by atoms with Gasteiger partial charge in [-0.05, 0) is 19.1 Å². The van der Waals surface area contributed by atoms with E-state index < -0.39 is 5.97 Å². The summed E-state index contributed by atoms with van der Waals surface area (Å²) in [5.74, 6) is -1.07. The van der Waals surface area contributed by atoms with Crippen molar-refractivity contribution >= 4 is 21.9 Å². The monoisotopic (exact) mass is 295 g/mol. The van der Waals surface area contributed by atoms with Gasteiger partial charge >= 0.3 is 5.97 Å². The van der Waals surface area contributed by atoms with E-state index in [0.29, 0.717) is 12.2 Å². The van der Waals surface area contributed by atoms with Gasteiger partial charge in [0.2, 0.25) is 0 Å². The maximum absolute atomic E-state index is 11.1. The van der Waals surface area contributed by atoms with E-state index in [2.05, 4.69) is 26.1 Å². The van der Waals surface area contributed by atoms with E-state index in [4.69, 9.17) is 5.11 Å². The highest BCUT2D eigenvalue weighted by atomic mass is 79.9. The number of hydrogen-bond donors (Lipinski definition) is 1. The zero-order valence-corrected chi connectivity index (χ0v) is 10.7. The lowest BCUT2D eigenvalue weighted by Gasteiger charge is -1.97. The smallest absolute Gasteiger partial charge is 0.358 e. The predicted octanol–water partition coefficient (Wildman–Crippen LogP) is 2.43. The van der Waals surface area contributed by atoms with Gasteiger partial charge in [-0.2, -0.15) is 9.90 Å². The average molecular weight is 296 g/mol. The Bertz CT molecular complexity index is 548. The molecule has 0 aliphatic carbocycles. The number of carbonyl (C=O) groups is 1. The van der Waals surface area contributed by atoms with Gasteiger partial charge in [0.1, 0.15) is 5.69 Å². The highest BCUT2D eigenvalue weighted by molar-refractivity contribution is 9.10. The highest BCUT2D eigenvalue weighted by Gasteiger charge is 2.18. The predicted molar refractivity (Wildman–Crippen MR) is 65.8 cm³/mol. The van der Waals surface area contributed by atoms with E-state index in [1.54, 1.807) is 12.1 Å². The fraction of sp³-hybridized carbons (Fsp3) is 0.182. The van der Waals surface area contributed by atoms with Crippen molar-refractivity contribution in [2.24, 2.45) is 0 Å². The Morgan fingerprint density at radius 2 is 2.00 bits per heavy atom. The van der Waals surface area contributed by atoms with E-state index in [-0.39, 0.29) is 5.69 Å². The maximum Gasteiger partial charge on any atom is 0.358 e. The number of carboxylic acids is 1. The minimum Gasteiger partial charge on any atom is -0.476 e. The summed E-state index contributed by atoms with van der Waals surface area (Å²) in [5, 5.41) is 17.1. The zero-order chi connectivity index (χ0) is 12.4. The molecule has 5 nitrogen and oxygen atoms in total. The Morgan fingerprint density at radius 3 is 2.53 bits per heavy atom. The fourth-order valence-corrected chi connectivity index (χ4v) is 1.70. The molecule has 0 saturated carbocycles. The van der Waals surface area contributed by atoms with E-state index in [9.17, 15) is 4.79 Å². The van der Waals surface area contributed by atoms with Gasteiger partial charge in [-0.15, -0.1) is 5.10 Å². The van der Waals surface area contributed by atoms with Gasteiger partial charge in [0.15, 0.2) is 5.69 Å². The standard InChI is InChI=1S/C11H10BrN3O2/c1-2-15-13-9(10(14-15)11(16)17)7-3-5-8(12)6-4-7/h3-6H,2H2,1H3,(H,16,17). The molecule has 2 aromatic rings. The van der Waals surface area contributed by atoms with Crippen molar-refractivity contribution in [2.75, 3.05) is 0 Å². The van der Waals surface area contributed by atoms with Crippen LogP contribution in [0.2, 0.25) is 0 Å². The summed E-state index contributed by atoms with van der Waals surface area (Å²) in [4.78, 5) is 12.4. The Morgan fingerprint density at radius 1 is 1.35 bits per heavy atom. The second-order valence-corrected chi connectivity index (χ2v) is 4.31. The number of carboxylic acid groups (broad SMARTS) is 1. The first-order valence-electron chi connectivity index (χ1n) is 5.06. The van der Waals surface area contributed by atoms with Gasteiger partial charge in [0, 0.05) is 10.0 Å². The van der Waals surface area contributed by atoms with Crippen LogP contribution in [0.4, 0.5) is 0 Å². The van der Waals surface area contributed by atoms with Crippen LogP contribution in [-0.4, -0.2) is 26.1 Å². The van der Waals surface area contributed by atoms with Gasteiger partial charge in [-0.1, -0.05) is 28.1 Å². The molecular weight excluding hydrogens is 286 g/mol. The number of benzene rings is 1. The number of rotatable bonds is 3. The second kappa shape index (κ2) is 4.67. The van der Waals surface area contributed by atoms with Crippen LogP contribution in [0, 0.1) is 0 Å². The van der Waals surface area contributed by atoms with Crippen molar-refractivity contribution in [3.63, 3.8) is 0 Å². The molecule has 0 saturated heterocycles. The normalized spacial score (nSPS) is 10.5. The lowest BCUT2D eigenvalue weighted by atomic mass is 10.1. The number of hydrogen-bond acceptors (Lipinski definition) is 3. The topological polar surface area (TPSA) is 68.0 Å². The van der Waals surface area contributed by atoms with Crippen LogP contribution in [0.25, 0.3) is 11.3 Å². The summed E-state index contributed by atoms with van der Waals surface area (Å²) in [6.07, 6.45) is 0. The van der Waals surface area contributed by atoms with E-state index in [1.165, 1.54) is 4.80 Å². The summed E-state index contributed by atoms with van der Waals surface area (Å²) in [6.45, 7) is 2.40. The molecule has 88 valence electrons. The largest absolute Gasteiger partial charge is 0.476 e. The van der Waals surface area contributed by atoms with Crippen LogP contribution in [0.1, 0.15) is 17.4 Å². The quantitative estimate of drug-likeness (QED) is 0.944. The summed E-state index contributed by atoms with van der Waals surface area (Å²) in [5.41, 5.74) is 1.12. The van der Waals surface area contributed by atoms with Crippen molar-refractivity contribution < 1.29 is 9.90 Å². The van der Waals surface area contributed by atoms with Crippen LogP contribution in [0.15, 0.2) is 28.7 Å². The molecule has 0 fully saturated rings. The third-order valence-electron chi connectivity index (χ3n) is 2.26. The first kappa shape index (κ1) is 11.8. The second-order valence-electron chi connectivity index (χ2n) is 3.40. The summed E-state index contributed by atoms with van der Waals surface area (Å²) in [7, 11) is 0. The van der Waals surface area contributed by atoms with Crippen molar-refractivity contribution in [1.29, 1.82) is 0 Å². The molecule has 0 amide bonds. The van der Waals surface area contributed by atoms with E-state index in [0.717, 1.165) is 10.0 Å². The molecule has 0 spiro atoms. The molecule has 1 N–H and O–H groups in total. The van der Waals surface area contributed by atoms with E-state index in [1.807, 2.05) is 19.1 Å². The molecule has 1 aromatic carbocycles. The SMILES string of the molecule is CCn1nc(C(=O)O)c(-c2ccc(Br)cc2)n1. The number of aromatic carboxylic acids is 1. The van der Waals surface area contributed by atoms with Crippen molar-refractivity contribution in [3.8, 4) is 11.3 Å². The Labute approximate surface area is 106 Å². The molecular formula is C11H10BrN3O2. The number of aryl methyl sites for hydroxylation is 1. The molecule has 6 heteroatoms. The Hall–Kier alpha value is -1.69. The average Bonchev–Trinajstić information content (AvgIpc) is 2.74. The Kier molecular flexibility index (Phi) is 3.23. The van der Waals surface area contributed by atoms with Gasteiger partial charge in [0.05, 0.1) is 6.54 Å². The molecule has 17 heavy (non-hydrogen) atoms. The molecule has 0 aliphatic heterocycles.